The lowest BCUT2D eigenvalue weighted by molar-refractivity contribution is -0.122. The molecule has 2 aliphatic heterocycles. The van der Waals surface area contributed by atoms with Gasteiger partial charge in [-0.25, -0.2) is 4.79 Å². The molecule has 0 aromatic heterocycles. The van der Waals surface area contributed by atoms with E-state index in [1.807, 2.05) is 36.4 Å². The number of carbonyl (C=O) groups is 2. The Morgan fingerprint density at radius 1 is 1.16 bits per heavy atom. The van der Waals surface area contributed by atoms with E-state index in [0.717, 1.165) is 36.2 Å². The number of fused-ring (bicyclic) bond motifs is 2. The van der Waals surface area contributed by atoms with Crippen LogP contribution in [0.5, 0.6) is 0 Å². The Bertz CT molecular complexity index is 819. The van der Waals surface area contributed by atoms with Crippen molar-refractivity contribution in [2.45, 2.75) is 32.0 Å². The third-order valence-electron chi connectivity index (χ3n) is 5.09. The number of benzene rings is 2. The normalized spacial score (nSPS) is 20.1. The molecule has 0 spiro atoms. The number of aromatic carboxylic acids is 1. The zero-order valence-corrected chi connectivity index (χ0v) is 13.9. The van der Waals surface area contributed by atoms with Crippen molar-refractivity contribution in [2.24, 2.45) is 0 Å². The summed E-state index contributed by atoms with van der Waals surface area (Å²) in [6.45, 7) is 2.06. The van der Waals surface area contributed by atoms with Crippen molar-refractivity contribution < 1.29 is 14.7 Å². The molecular weight excluding hydrogens is 316 g/mol. The van der Waals surface area contributed by atoms with Gasteiger partial charge in [0.05, 0.1) is 18.2 Å². The summed E-state index contributed by atoms with van der Waals surface area (Å²) >= 11 is 0. The molecule has 4 rings (SSSR count). The van der Waals surface area contributed by atoms with E-state index in [0.29, 0.717) is 13.1 Å². The van der Waals surface area contributed by atoms with E-state index < -0.39 is 5.97 Å². The molecule has 2 heterocycles. The Kier molecular flexibility index (Phi) is 4.01. The minimum atomic E-state index is -0.973. The average molecular weight is 336 g/mol. The van der Waals surface area contributed by atoms with Crippen LogP contribution >= 0.6 is 0 Å². The highest BCUT2D eigenvalue weighted by molar-refractivity contribution is 6.00. The van der Waals surface area contributed by atoms with Crippen LogP contribution in [-0.4, -0.2) is 34.5 Å². The highest BCUT2D eigenvalue weighted by atomic mass is 16.4. The summed E-state index contributed by atoms with van der Waals surface area (Å²) in [5.74, 6) is -0.901. The number of nitrogens with zero attached hydrogens (tertiary/aromatic N) is 2. The van der Waals surface area contributed by atoms with Crippen LogP contribution in [0.4, 0.5) is 5.69 Å². The van der Waals surface area contributed by atoms with Gasteiger partial charge < -0.3 is 10.0 Å². The summed E-state index contributed by atoms with van der Waals surface area (Å²) in [7, 11) is 0. The van der Waals surface area contributed by atoms with Crippen LogP contribution in [0.3, 0.4) is 0 Å². The summed E-state index contributed by atoms with van der Waals surface area (Å²) in [5, 5.41) is 9.35. The molecule has 5 heteroatoms. The van der Waals surface area contributed by atoms with Crippen molar-refractivity contribution >= 4 is 17.6 Å². The Balaban J connectivity index is 1.80. The Morgan fingerprint density at radius 3 is 2.72 bits per heavy atom. The SMILES string of the molecule is O=C(O)c1ccc2c(c1)N(Cc1ccccc1)C(=O)C1CCCN1C2. The lowest BCUT2D eigenvalue weighted by atomic mass is 10.1. The molecule has 0 aliphatic carbocycles. The van der Waals surface area contributed by atoms with Gasteiger partial charge in [0.25, 0.3) is 0 Å². The molecule has 1 atom stereocenters. The van der Waals surface area contributed by atoms with E-state index >= 15 is 0 Å². The van der Waals surface area contributed by atoms with Gasteiger partial charge in [0.1, 0.15) is 0 Å². The van der Waals surface area contributed by atoms with E-state index in [1.165, 1.54) is 0 Å². The summed E-state index contributed by atoms with van der Waals surface area (Å²) in [6, 6.07) is 14.8. The monoisotopic (exact) mass is 336 g/mol. The molecule has 1 fully saturated rings. The Labute approximate surface area is 146 Å². The number of amides is 1. The van der Waals surface area contributed by atoms with Crippen molar-refractivity contribution in [1.82, 2.24) is 4.90 Å². The van der Waals surface area contributed by atoms with Gasteiger partial charge >= 0.3 is 5.97 Å². The molecule has 0 bridgehead atoms. The zero-order valence-electron chi connectivity index (χ0n) is 13.9. The van der Waals surface area contributed by atoms with Crippen LogP contribution in [0.25, 0.3) is 0 Å². The third kappa shape index (κ3) is 2.91. The Hall–Kier alpha value is -2.66. The van der Waals surface area contributed by atoms with Crippen molar-refractivity contribution in [3.05, 3.63) is 65.2 Å². The molecule has 2 aromatic carbocycles. The maximum atomic E-state index is 13.2. The summed E-state index contributed by atoms with van der Waals surface area (Å²) in [4.78, 5) is 28.6. The van der Waals surface area contributed by atoms with Gasteiger partial charge in [0.2, 0.25) is 5.91 Å². The van der Waals surface area contributed by atoms with Gasteiger partial charge in [-0.15, -0.1) is 0 Å². The smallest absolute Gasteiger partial charge is 0.335 e. The highest BCUT2D eigenvalue weighted by Crippen LogP contribution is 2.34. The second-order valence-electron chi connectivity index (χ2n) is 6.69. The lowest BCUT2D eigenvalue weighted by Crippen LogP contribution is -2.42. The zero-order chi connectivity index (χ0) is 17.4. The number of carbonyl (C=O) groups excluding carboxylic acids is 1. The maximum absolute atomic E-state index is 13.2. The average Bonchev–Trinajstić information content (AvgIpc) is 3.05. The molecule has 0 saturated carbocycles. The number of carboxylic acids is 1. The van der Waals surface area contributed by atoms with Gasteiger partial charge in [-0.05, 0) is 42.6 Å². The number of anilines is 1. The molecule has 1 saturated heterocycles. The molecule has 5 nitrogen and oxygen atoms in total. The molecule has 2 aliphatic rings. The van der Waals surface area contributed by atoms with E-state index in [4.69, 9.17) is 0 Å². The van der Waals surface area contributed by atoms with Crippen molar-refractivity contribution in [2.75, 3.05) is 11.4 Å². The largest absolute Gasteiger partial charge is 0.478 e. The van der Waals surface area contributed by atoms with Gasteiger partial charge in [-0.1, -0.05) is 36.4 Å². The molecule has 1 N–H and O–H groups in total. The predicted molar refractivity (Wildman–Crippen MR) is 94.5 cm³/mol. The molecule has 1 amide bonds. The van der Waals surface area contributed by atoms with E-state index in [9.17, 15) is 14.7 Å². The van der Waals surface area contributed by atoms with Gasteiger partial charge in [0, 0.05) is 12.2 Å². The third-order valence-corrected chi connectivity index (χ3v) is 5.09. The Morgan fingerprint density at radius 2 is 1.96 bits per heavy atom. The first-order valence-electron chi connectivity index (χ1n) is 8.59. The summed E-state index contributed by atoms with van der Waals surface area (Å²) < 4.78 is 0. The standard InChI is InChI=1S/C20H20N2O3/c23-19-17-7-4-10-21(17)13-16-9-8-15(20(24)25)11-18(16)22(19)12-14-5-2-1-3-6-14/h1-3,5-6,8-9,11,17H,4,7,10,12-13H2,(H,24,25). The fraction of sp³-hybridized carbons (Fsp3) is 0.300. The van der Waals surface area contributed by atoms with Crippen LogP contribution in [0, 0.1) is 0 Å². The molecular formula is C20H20N2O3. The van der Waals surface area contributed by atoms with Crippen molar-refractivity contribution in [1.29, 1.82) is 0 Å². The first-order valence-corrected chi connectivity index (χ1v) is 8.59. The number of rotatable bonds is 3. The first kappa shape index (κ1) is 15.8. The molecule has 128 valence electrons. The van der Waals surface area contributed by atoms with Crippen LogP contribution in [-0.2, 0) is 17.9 Å². The van der Waals surface area contributed by atoms with E-state index in [-0.39, 0.29) is 17.5 Å². The molecule has 2 aromatic rings. The minimum Gasteiger partial charge on any atom is -0.478 e. The van der Waals surface area contributed by atoms with Crippen LogP contribution in [0.2, 0.25) is 0 Å². The highest BCUT2D eigenvalue weighted by Gasteiger charge is 2.38. The quantitative estimate of drug-likeness (QED) is 0.936. The van der Waals surface area contributed by atoms with Crippen molar-refractivity contribution in [3.8, 4) is 0 Å². The molecule has 25 heavy (non-hydrogen) atoms. The maximum Gasteiger partial charge on any atom is 0.335 e. The van der Waals surface area contributed by atoms with Crippen LogP contribution in [0.15, 0.2) is 48.5 Å². The van der Waals surface area contributed by atoms with Crippen LogP contribution < -0.4 is 4.90 Å². The van der Waals surface area contributed by atoms with Gasteiger partial charge in [-0.3, -0.25) is 9.69 Å². The number of hydrogen-bond donors (Lipinski definition) is 1. The minimum absolute atomic E-state index is 0.0719. The van der Waals surface area contributed by atoms with Gasteiger partial charge in [0.15, 0.2) is 0 Å². The number of hydrogen-bond acceptors (Lipinski definition) is 3. The fourth-order valence-electron chi connectivity index (χ4n) is 3.82. The topological polar surface area (TPSA) is 60.9 Å². The van der Waals surface area contributed by atoms with Crippen LogP contribution in [0.1, 0.15) is 34.3 Å². The molecule has 1 unspecified atom stereocenters. The van der Waals surface area contributed by atoms with Crippen molar-refractivity contribution in [3.63, 3.8) is 0 Å². The summed E-state index contributed by atoms with van der Waals surface area (Å²) in [5.41, 5.74) is 2.99. The van der Waals surface area contributed by atoms with E-state index in [2.05, 4.69) is 4.90 Å². The van der Waals surface area contributed by atoms with Gasteiger partial charge in [-0.2, -0.15) is 0 Å². The second-order valence-corrected chi connectivity index (χ2v) is 6.69. The lowest BCUT2D eigenvalue weighted by Gasteiger charge is -2.26. The molecule has 0 radical (unpaired) electrons. The second kappa shape index (κ2) is 6.33. The number of carboxylic acid groups (broad SMARTS) is 1. The van der Waals surface area contributed by atoms with E-state index in [1.54, 1.807) is 17.0 Å². The summed E-state index contributed by atoms with van der Waals surface area (Å²) in [6.07, 6.45) is 1.89. The first-order chi connectivity index (χ1) is 12.1. The fourth-order valence-corrected chi connectivity index (χ4v) is 3.82. The predicted octanol–water partition coefficient (Wildman–Crippen LogP) is 2.90.